The Kier molecular flexibility index (Phi) is 5.25. The molecule has 3 N–H and O–H groups in total. The maximum atomic E-state index is 12.3. The van der Waals surface area contributed by atoms with Gasteiger partial charge in [-0.2, -0.15) is 0 Å². The fourth-order valence-corrected chi connectivity index (χ4v) is 3.19. The van der Waals surface area contributed by atoms with Gasteiger partial charge in [0.2, 0.25) is 11.8 Å². The summed E-state index contributed by atoms with van der Waals surface area (Å²) in [5, 5.41) is 15.4. The molecule has 2 aliphatic rings. The molecule has 0 saturated heterocycles. The van der Waals surface area contributed by atoms with Crippen LogP contribution in [0.1, 0.15) is 58.8 Å². The van der Waals surface area contributed by atoms with Crippen LogP contribution in [0.25, 0.3) is 0 Å². The lowest BCUT2D eigenvalue weighted by Gasteiger charge is -2.29. The van der Waals surface area contributed by atoms with Crippen molar-refractivity contribution in [2.45, 2.75) is 70.9 Å². The third-order valence-corrected chi connectivity index (χ3v) is 5.06. The van der Waals surface area contributed by atoms with Crippen molar-refractivity contribution in [2.75, 3.05) is 6.54 Å². The number of carbonyl (C=O) groups excluding carboxylic acids is 2. The summed E-state index contributed by atoms with van der Waals surface area (Å²) in [7, 11) is 0. The molecule has 2 saturated carbocycles. The SMILES string of the molecule is CCC1(CNC(=O)C(NC(=O)C2CC2)C(C)O)CCCC1. The van der Waals surface area contributed by atoms with E-state index in [2.05, 4.69) is 17.6 Å². The van der Waals surface area contributed by atoms with Crippen molar-refractivity contribution < 1.29 is 14.7 Å². The van der Waals surface area contributed by atoms with Gasteiger partial charge in [0, 0.05) is 12.5 Å². The lowest BCUT2D eigenvalue weighted by molar-refractivity contribution is -0.132. The van der Waals surface area contributed by atoms with Crippen molar-refractivity contribution in [1.82, 2.24) is 10.6 Å². The molecular weight excluding hydrogens is 268 g/mol. The maximum absolute atomic E-state index is 12.3. The minimum atomic E-state index is -0.881. The van der Waals surface area contributed by atoms with Gasteiger partial charge in [-0.25, -0.2) is 0 Å². The van der Waals surface area contributed by atoms with E-state index in [1.165, 1.54) is 12.8 Å². The first-order chi connectivity index (χ1) is 9.97. The van der Waals surface area contributed by atoms with Crippen molar-refractivity contribution in [3.8, 4) is 0 Å². The van der Waals surface area contributed by atoms with Crippen molar-refractivity contribution in [3.63, 3.8) is 0 Å². The zero-order valence-corrected chi connectivity index (χ0v) is 13.2. The van der Waals surface area contributed by atoms with Crippen LogP contribution in [0.15, 0.2) is 0 Å². The van der Waals surface area contributed by atoms with Crippen LogP contribution in [-0.2, 0) is 9.59 Å². The molecule has 0 aromatic rings. The number of nitrogens with one attached hydrogen (secondary N) is 2. The molecule has 2 aliphatic carbocycles. The monoisotopic (exact) mass is 296 g/mol. The van der Waals surface area contributed by atoms with Gasteiger partial charge in [-0.3, -0.25) is 9.59 Å². The molecule has 0 heterocycles. The molecule has 0 spiro atoms. The van der Waals surface area contributed by atoms with Gasteiger partial charge in [0.05, 0.1) is 6.10 Å². The molecule has 0 aliphatic heterocycles. The zero-order chi connectivity index (χ0) is 15.5. The van der Waals surface area contributed by atoms with Crippen LogP contribution in [0.3, 0.4) is 0 Å². The van der Waals surface area contributed by atoms with Gasteiger partial charge in [-0.1, -0.05) is 19.8 Å². The van der Waals surface area contributed by atoms with Crippen LogP contribution in [0.2, 0.25) is 0 Å². The molecule has 5 heteroatoms. The van der Waals surface area contributed by atoms with Crippen LogP contribution < -0.4 is 10.6 Å². The minimum absolute atomic E-state index is 0.0378. The molecule has 120 valence electrons. The number of amides is 2. The van der Waals surface area contributed by atoms with Crippen LogP contribution in [0.5, 0.6) is 0 Å². The van der Waals surface area contributed by atoms with Gasteiger partial charge in [0.25, 0.3) is 0 Å². The van der Waals surface area contributed by atoms with Crippen molar-refractivity contribution in [2.24, 2.45) is 11.3 Å². The Morgan fingerprint density at radius 2 is 1.90 bits per heavy atom. The minimum Gasteiger partial charge on any atom is -0.391 e. The highest BCUT2D eigenvalue weighted by atomic mass is 16.3. The summed E-state index contributed by atoms with van der Waals surface area (Å²) >= 11 is 0. The fourth-order valence-electron chi connectivity index (χ4n) is 3.19. The summed E-state index contributed by atoms with van der Waals surface area (Å²) in [6.07, 6.45) is 6.70. The van der Waals surface area contributed by atoms with Gasteiger partial charge in [0.15, 0.2) is 0 Å². The lowest BCUT2D eigenvalue weighted by Crippen LogP contribution is -2.54. The number of rotatable bonds is 7. The van der Waals surface area contributed by atoms with E-state index in [1.54, 1.807) is 6.92 Å². The van der Waals surface area contributed by atoms with Gasteiger partial charge in [-0.15, -0.1) is 0 Å². The summed E-state index contributed by atoms with van der Waals surface area (Å²) in [4.78, 5) is 24.1. The average molecular weight is 296 g/mol. The lowest BCUT2D eigenvalue weighted by atomic mass is 9.83. The topological polar surface area (TPSA) is 78.4 Å². The number of aliphatic hydroxyl groups is 1. The molecule has 2 rings (SSSR count). The number of carbonyl (C=O) groups is 2. The van der Waals surface area contributed by atoms with E-state index in [0.717, 1.165) is 32.1 Å². The summed E-state index contributed by atoms with van der Waals surface area (Å²) in [6, 6.07) is -0.839. The van der Waals surface area contributed by atoms with E-state index in [-0.39, 0.29) is 23.1 Å². The van der Waals surface area contributed by atoms with E-state index in [1.807, 2.05) is 0 Å². The van der Waals surface area contributed by atoms with E-state index in [9.17, 15) is 14.7 Å². The first-order valence-electron chi connectivity index (χ1n) is 8.23. The predicted molar refractivity (Wildman–Crippen MR) is 80.5 cm³/mol. The summed E-state index contributed by atoms with van der Waals surface area (Å²) in [5.74, 6) is -0.336. The maximum Gasteiger partial charge on any atom is 0.245 e. The second-order valence-electron chi connectivity index (χ2n) is 6.78. The zero-order valence-electron chi connectivity index (χ0n) is 13.2. The number of hydrogen-bond donors (Lipinski definition) is 3. The molecule has 5 nitrogen and oxygen atoms in total. The summed E-state index contributed by atoms with van der Waals surface area (Å²) in [5.41, 5.74) is 0.208. The predicted octanol–water partition coefficient (Wildman–Crippen LogP) is 1.35. The molecule has 21 heavy (non-hydrogen) atoms. The Morgan fingerprint density at radius 3 is 2.38 bits per heavy atom. The second-order valence-corrected chi connectivity index (χ2v) is 6.78. The van der Waals surface area contributed by atoms with E-state index >= 15 is 0 Å². The van der Waals surface area contributed by atoms with Gasteiger partial charge >= 0.3 is 0 Å². The van der Waals surface area contributed by atoms with Gasteiger partial charge in [0.1, 0.15) is 6.04 Å². The quantitative estimate of drug-likeness (QED) is 0.663. The molecule has 2 fully saturated rings. The highest BCUT2D eigenvalue weighted by Crippen LogP contribution is 2.40. The largest absolute Gasteiger partial charge is 0.391 e. The Bertz CT molecular complexity index is 385. The Labute approximate surface area is 126 Å². The normalized spacial score (nSPS) is 23.4. The second kappa shape index (κ2) is 6.77. The molecular formula is C16H28N2O3. The van der Waals surface area contributed by atoms with Crippen molar-refractivity contribution in [1.29, 1.82) is 0 Å². The fraction of sp³-hybridized carbons (Fsp3) is 0.875. The molecule has 2 unspecified atom stereocenters. The number of hydrogen-bond acceptors (Lipinski definition) is 3. The van der Waals surface area contributed by atoms with E-state index in [0.29, 0.717) is 6.54 Å². The third-order valence-electron chi connectivity index (χ3n) is 5.06. The molecule has 0 aromatic heterocycles. The van der Waals surface area contributed by atoms with E-state index < -0.39 is 12.1 Å². The molecule has 2 amide bonds. The van der Waals surface area contributed by atoms with Crippen molar-refractivity contribution in [3.05, 3.63) is 0 Å². The van der Waals surface area contributed by atoms with Crippen LogP contribution in [0.4, 0.5) is 0 Å². The Hall–Kier alpha value is -1.10. The first-order valence-corrected chi connectivity index (χ1v) is 8.23. The highest BCUT2D eigenvalue weighted by Gasteiger charge is 2.36. The Balaban J connectivity index is 1.87. The van der Waals surface area contributed by atoms with Crippen LogP contribution in [-0.4, -0.2) is 35.6 Å². The average Bonchev–Trinajstić information content (AvgIpc) is 3.21. The first kappa shape index (κ1) is 16.3. The molecule has 0 bridgehead atoms. The van der Waals surface area contributed by atoms with Crippen molar-refractivity contribution >= 4 is 11.8 Å². The van der Waals surface area contributed by atoms with Gasteiger partial charge < -0.3 is 15.7 Å². The van der Waals surface area contributed by atoms with Crippen LogP contribution >= 0.6 is 0 Å². The molecule has 0 radical (unpaired) electrons. The standard InChI is InChI=1S/C16H28N2O3/c1-3-16(8-4-5-9-16)10-17-15(21)13(11(2)19)18-14(20)12-6-7-12/h11-13,19H,3-10H2,1-2H3,(H,17,21)(H,18,20). The summed E-state index contributed by atoms with van der Waals surface area (Å²) < 4.78 is 0. The smallest absolute Gasteiger partial charge is 0.245 e. The number of aliphatic hydroxyl groups excluding tert-OH is 1. The van der Waals surface area contributed by atoms with Gasteiger partial charge in [-0.05, 0) is 44.4 Å². The summed E-state index contributed by atoms with van der Waals surface area (Å²) in [6.45, 7) is 4.35. The van der Waals surface area contributed by atoms with Crippen LogP contribution in [0, 0.1) is 11.3 Å². The van der Waals surface area contributed by atoms with E-state index in [4.69, 9.17) is 0 Å². The Morgan fingerprint density at radius 1 is 1.29 bits per heavy atom. The highest BCUT2D eigenvalue weighted by molar-refractivity contribution is 5.89. The molecule has 2 atom stereocenters. The third kappa shape index (κ3) is 4.19. The molecule has 0 aromatic carbocycles.